The predicted molar refractivity (Wildman–Crippen MR) is 72.7 cm³/mol. The van der Waals surface area contributed by atoms with Gasteiger partial charge in [0, 0.05) is 0 Å². The molecule has 4 heteroatoms. The second-order valence-corrected chi connectivity index (χ2v) is 6.69. The highest BCUT2D eigenvalue weighted by molar-refractivity contribution is 6.66. The molecule has 0 unspecified atom stereocenters. The van der Waals surface area contributed by atoms with E-state index in [-0.39, 0.29) is 22.9 Å². The number of carbonyl (C=O) groups is 1. The van der Waals surface area contributed by atoms with Crippen molar-refractivity contribution in [2.75, 3.05) is 6.79 Å². The van der Waals surface area contributed by atoms with Crippen LogP contribution >= 0.6 is 11.6 Å². The van der Waals surface area contributed by atoms with Gasteiger partial charge < -0.3 is 9.47 Å². The molecule has 0 N–H and O–H groups in total. The Labute approximate surface area is 117 Å². The van der Waals surface area contributed by atoms with Crippen molar-refractivity contribution in [2.45, 2.75) is 33.1 Å². The fourth-order valence-corrected chi connectivity index (χ4v) is 4.35. The number of hydrogen-bond donors (Lipinski definition) is 0. The van der Waals surface area contributed by atoms with Gasteiger partial charge in [0.15, 0.2) is 11.5 Å². The van der Waals surface area contributed by atoms with Crippen molar-refractivity contribution in [3.05, 3.63) is 23.8 Å². The number of hydrogen-bond acceptors (Lipinski definition) is 3. The highest BCUT2D eigenvalue weighted by Gasteiger charge is 2.81. The molecule has 1 saturated carbocycles. The van der Waals surface area contributed by atoms with Crippen LogP contribution in [0, 0.1) is 10.8 Å². The summed E-state index contributed by atoms with van der Waals surface area (Å²) in [7, 11) is 0. The minimum Gasteiger partial charge on any atom is -0.454 e. The van der Waals surface area contributed by atoms with Crippen LogP contribution in [0.2, 0.25) is 0 Å². The summed E-state index contributed by atoms with van der Waals surface area (Å²) in [5, 5.41) is -0.304. The third-order valence-electron chi connectivity index (χ3n) is 5.48. The topological polar surface area (TPSA) is 35.5 Å². The molecule has 0 saturated heterocycles. The van der Waals surface area contributed by atoms with Gasteiger partial charge in [-0.25, -0.2) is 0 Å². The van der Waals surface area contributed by atoms with Gasteiger partial charge in [-0.3, -0.25) is 4.79 Å². The van der Waals surface area contributed by atoms with Crippen LogP contribution in [0.3, 0.4) is 0 Å². The second kappa shape index (κ2) is 3.45. The Morgan fingerprint density at radius 3 is 2.21 bits per heavy atom. The molecule has 1 fully saturated rings. The van der Waals surface area contributed by atoms with Crippen LogP contribution in [0.1, 0.15) is 33.3 Å². The van der Waals surface area contributed by atoms with Crippen LogP contribution in [0.4, 0.5) is 0 Å². The Morgan fingerprint density at radius 1 is 1.11 bits per heavy atom. The molecular formula is C15H17ClO3. The third kappa shape index (κ3) is 1.22. The summed E-state index contributed by atoms with van der Waals surface area (Å²) in [6, 6.07) is 5.66. The van der Waals surface area contributed by atoms with Crippen molar-refractivity contribution in [1.29, 1.82) is 0 Å². The molecule has 0 spiro atoms. The van der Waals surface area contributed by atoms with Crippen LogP contribution in [-0.2, 0) is 10.2 Å². The van der Waals surface area contributed by atoms with Crippen molar-refractivity contribution in [2.24, 2.45) is 10.8 Å². The van der Waals surface area contributed by atoms with Gasteiger partial charge in [0.05, 0.1) is 5.41 Å². The van der Waals surface area contributed by atoms with Crippen LogP contribution in [0.25, 0.3) is 0 Å². The predicted octanol–water partition coefficient (Wildman–Crippen LogP) is 3.48. The maximum absolute atomic E-state index is 12.2. The highest BCUT2D eigenvalue weighted by Crippen LogP contribution is 2.78. The smallest absolute Gasteiger partial charge is 0.233 e. The largest absolute Gasteiger partial charge is 0.454 e. The Morgan fingerprint density at radius 2 is 1.68 bits per heavy atom. The molecule has 0 bridgehead atoms. The average Bonchev–Trinajstić information content (AvgIpc) is 2.68. The molecule has 1 aromatic carbocycles. The summed E-state index contributed by atoms with van der Waals surface area (Å²) in [6.45, 7) is 8.55. The molecule has 3 rings (SSSR count). The van der Waals surface area contributed by atoms with E-state index in [4.69, 9.17) is 21.1 Å². The monoisotopic (exact) mass is 280 g/mol. The lowest BCUT2D eigenvalue weighted by atomic mass is 9.87. The number of fused-ring (bicyclic) bond motifs is 1. The summed E-state index contributed by atoms with van der Waals surface area (Å²) >= 11 is 5.98. The average molecular weight is 281 g/mol. The number of halogens is 1. The molecular weight excluding hydrogens is 264 g/mol. The minimum absolute atomic E-state index is 0.188. The number of ether oxygens (including phenoxy) is 2. The first-order chi connectivity index (χ1) is 8.76. The fraction of sp³-hybridized carbons (Fsp3) is 0.533. The van der Waals surface area contributed by atoms with Crippen molar-refractivity contribution in [3.8, 4) is 11.5 Å². The number of benzene rings is 1. The Bertz CT molecular complexity index is 561. The molecule has 0 radical (unpaired) electrons. The number of carbonyl (C=O) groups excluding carboxylic acids is 1. The first-order valence-electron chi connectivity index (χ1n) is 6.37. The summed E-state index contributed by atoms with van der Waals surface area (Å²) in [5.74, 6) is 1.41. The van der Waals surface area contributed by atoms with E-state index in [1.807, 2.05) is 18.2 Å². The van der Waals surface area contributed by atoms with Gasteiger partial charge in [-0.1, -0.05) is 33.8 Å². The first-order valence-corrected chi connectivity index (χ1v) is 6.74. The van der Waals surface area contributed by atoms with E-state index in [0.717, 1.165) is 11.3 Å². The van der Waals surface area contributed by atoms with Gasteiger partial charge in [0.1, 0.15) is 0 Å². The molecule has 1 aliphatic heterocycles. The zero-order chi connectivity index (χ0) is 14.1. The highest BCUT2D eigenvalue weighted by atomic mass is 35.5. The van der Waals surface area contributed by atoms with E-state index in [9.17, 15) is 4.79 Å². The van der Waals surface area contributed by atoms with Crippen molar-refractivity contribution in [3.63, 3.8) is 0 Å². The zero-order valence-corrected chi connectivity index (χ0v) is 12.3. The van der Waals surface area contributed by atoms with Gasteiger partial charge in [-0.05, 0) is 40.1 Å². The van der Waals surface area contributed by atoms with Gasteiger partial charge in [-0.2, -0.15) is 0 Å². The van der Waals surface area contributed by atoms with Crippen LogP contribution in [-0.4, -0.2) is 12.0 Å². The van der Waals surface area contributed by atoms with Gasteiger partial charge in [0.2, 0.25) is 12.0 Å². The minimum atomic E-state index is -0.664. The second-order valence-electron chi connectivity index (χ2n) is 6.34. The summed E-state index contributed by atoms with van der Waals surface area (Å²) in [6.07, 6.45) is 0. The van der Waals surface area contributed by atoms with E-state index in [2.05, 4.69) is 27.7 Å². The quantitative estimate of drug-likeness (QED) is 0.778. The lowest BCUT2D eigenvalue weighted by Gasteiger charge is -2.18. The molecule has 2 aliphatic rings. The maximum atomic E-state index is 12.2. The SMILES string of the molecule is CC1(C)C(C)(C)C1(C(=O)Cl)c1ccc2c(c1)OCO2. The van der Waals surface area contributed by atoms with Gasteiger partial charge in [0.25, 0.3) is 0 Å². The normalized spacial score (nSPS) is 24.1. The standard InChI is InChI=1S/C15H17ClO3/c1-13(2)14(3,4)15(13,12(16)17)9-5-6-10-11(7-9)19-8-18-10/h5-7H,8H2,1-4H3. The summed E-state index contributed by atoms with van der Waals surface area (Å²) in [5.41, 5.74) is -0.131. The molecule has 102 valence electrons. The zero-order valence-electron chi connectivity index (χ0n) is 11.5. The maximum Gasteiger partial charge on any atom is 0.233 e. The van der Waals surface area contributed by atoms with E-state index in [1.54, 1.807) is 0 Å². The van der Waals surface area contributed by atoms with E-state index < -0.39 is 5.41 Å². The van der Waals surface area contributed by atoms with Crippen molar-refractivity contribution >= 4 is 16.8 Å². The van der Waals surface area contributed by atoms with E-state index in [1.165, 1.54) is 0 Å². The van der Waals surface area contributed by atoms with Crippen molar-refractivity contribution in [1.82, 2.24) is 0 Å². The molecule has 0 atom stereocenters. The van der Waals surface area contributed by atoms with E-state index >= 15 is 0 Å². The van der Waals surface area contributed by atoms with Crippen LogP contribution in [0.15, 0.2) is 18.2 Å². The van der Waals surface area contributed by atoms with E-state index in [0.29, 0.717) is 5.75 Å². The van der Waals surface area contributed by atoms with Gasteiger partial charge >= 0.3 is 0 Å². The Kier molecular flexibility index (Phi) is 2.33. The number of rotatable bonds is 2. The van der Waals surface area contributed by atoms with Gasteiger partial charge in [-0.15, -0.1) is 0 Å². The third-order valence-corrected chi connectivity index (χ3v) is 5.76. The lowest BCUT2D eigenvalue weighted by molar-refractivity contribution is -0.115. The van der Waals surface area contributed by atoms with Crippen molar-refractivity contribution < 1.29 is 14.3 Å². The Balaban J connectivity index is 2.17. The summed E-state index contributed by atoms with van der Waals surface area (Å²) < 4.78 is 10.7. The molecule has 1 aromatic rings. The molecule has 0 amide bonds. The molecule has 19 heavy (non-hydrogen) atoms. The fourth-order valence-electron chi connectivity index (χ4n) is 3.77. The Hall–Kier alpha value is -1.22. The van der Waals surface area contributed by atoms with Crippen LogP contribution in [0.5, 0.6) is 11.5 Å². The molecule has 3 nitrogen and oxygen atoms in total. The molecule has 0 aromatic heterocycles. The molecule has 1 aliphatic carbocycles. The lowest BCUT2D eigenvalue weighted by Crippen LogP contribution is -2.24. The molecule has 1 heterocycles. The summed E-state index contributed by atoms with van der Waals surface area (Å²) in [4.78, 5) is 12.2. The first kappa shape index (κ1) is 12.8. The van der Waals surface area contributed by atoms with Crippen LogP contribution < -0.4 is 9.47 Å².